The predicted octanol–water partition coefficient (Wildman–Crippen LogP) is 1.79. The van der Waals surface area contributed by atoms with Crippen LogP contribution in [0.1, 0.15) is 17.5 Å². The largest absolute Gasteiger partial charge is 0.388 e. The van der Waals surface area contributed by atoms with Gasteiger partial charge in [0.2, 0.25) is 0 Å². The molecule has 5 nitrogen and oxygen atoms in total. The van der Waals surface area contributed by atoms with Crippen molar-refractivity contribution in [1.29, 1.82) is 0 Å². The molecule has 1 N–H and O–H groups in total. The SMILES string of the molecule is Cn1nnc(CC(O)c2c(Cl)cccc2Cl)n1. The second kappa shape index (κ2) is 5.00. The first-order valence-electron chi connectivity index (χ1n) is 4.93. The fraction of sp³-hybridized carbons (Fsp3) is 0.300. The van der Waals surface area contributed by atoms with Crippen LogP contribution in [0.3, 0.4) is 0 Å². The molecule has 90 valence electrons. The summed E-state index contributed by atoms with van der Waals surface area (Å²) in [4.78, 5) is 1.33. The highest BCUT2D eigenvalue weighted by Crippen LogP contribution is 2.31. The van der Waals surface area contributed by atoms with E-state index in [0.717, 1.165) is 0 Å². The van der Waals surface area contributed by atoms with E-state index in [4.69, 9.17) is 23.2 Å². The van der Waals surface area contributed by atoms with Gasteiger partial charge in [-0.05, 0) is 17.3 Å². The fourth-order valence-corrected chi connectivity index (χ4v) is 2.16. The third-order valence-electron chi connectivity index (χ3n) is 2.26. The van der Waals surface area contributed by atoms with Gasteiger partial charge in [-0.3, -0.25) is 0 Å². The second-order valence-electron chi connectivity index (χ2n) is 3.55. The van der Waals surface area contributed by atoms with E-state index in [1.165, 1.54) is 4.80 Å². The van der Waals surface area contributed by atoms with E-state index >= 15 is 0 Å². The van der Waals surface area contributed by atoms with Gasteiger partial charge in [-0.15, -0.1) is 10.2 Å². The highest BCUT2D eigenvalue weighted by atomic mass is 35.5. The smallest absolute Gasteiger partial charge is 0.177 e. The van der Waals surface area contributed by atoms with E-state index in [2.05, 4.69) is 15.4 Å². The number of hydrogen-bond donors (Lipinski definition) is 1. The Morgan fingerprint density at radius 2 is 2.00 bits per heavy atom. The second-order valence-corrected chi connectivity index (χ2v) is 4.36. The van der Waals surface area contributed by atoms with Crippen LogP contribution in [0.4, 0.5) is 0 Å². The van der Waals surface area contributed by atoms with Crippen LogP contribution in [0.15, 0.2) is 18.2 Å². The molecule has 0 amide bonds. The maximum absolute atomic E-state index is 10.1. The minimum atomic E-state index is -0.847. The number of aromatic nitrogens is 4. The first-order valence-corrected chi connectivity index (χ1v) is 5.68. The summed E-state index contributed by atoms with van der Waals surface area (Å²) in [6.45, 7) is 0. The van der Waals surface area contributed by atoms with E-state index in [9.17, 15) is 5.11 Å². The van der Waals surface area contributed by atoms with Gasteiger partial charge in [0.1, 0.15) is 0 Å². The summed E-state index contributed by atoms with van der Waals surface area (Å²) in [5.74, 6) is 0.441. The topological polar surface area (TPSA) is 63.8 Å². The van der Waals surface area contributed by atoms with Crippen LogP contribution in [0.2, 0.25) is 10.0 Å². The van der Waals surface area contributed by atoms with Crippen molar-refractivity contribution in [3.05, 3.63) is 39.6 Å². The molecule has 0 radical (unpaired) electrons. The summed E-state index contributed by atoms with van der Waals surface area (Å²) in [5, 5.41) is 22.4. The fourth-order valence-electron chi connectivity index (χ4n) is 1.51. The third kappa shape index (κ3) is 2.74. The van der Waals surface area contributed by atoms with Crippen molar-refractivity contribution in [3.63, 3.8) is 0 Å². The van der Waals surface area contributed by atoms with E-state index in [1.807, 2.05) is 0 Å². The molecule has 0 saturated heterocycles. The minimum absolute atomic E-state index is 0.220. The summed E-state index contributed by atoms with van der Waals surface area (Å²) in [6.07, 6.45) is -0.627. The zero-order valence-electron chi connectivity index (χ0n) is 9.01. The van der Waals surface area contributed by atoms with Crippen molar-refractivity contribution in [1.82, 2.24) is 20.2 Å². The van der Waals surface area contributed by atoms with Crippen LogP contribution >= 0.6 is 23.2 Å². The number of hydrogen-bond acceptors (Lipinski definition) is 4. The summed E-state index contributed by atoms with van der Waals surface area (Å²) in [6, 6.07) is 5.08. The maximum atomic E-state index is 10.1. The molecular weight excluding hydrogens is 263 g/mol. The zero-order chi connectivity index (χ0) is 12.4. The Labute approximate surface area is 108 Å². The van der Waals surface area contributed by atoms with Gasteiger partial charge in [0, 0.05) is 22.0 Å². The van der Waals surface area contributed by atoms with Gasteiger partial charge in [0.15, 0.2) is 5.82 Å². The molecule has 0 spiro atoms. The molecule has 1 aromatic carbocycles. The lowest BCUT2D eigenvalue weighted by molar-refractivity contribution is 0.176. The Hall–Kier alpha value is -1.17. The van der Waals surface area contributed by atoms with E-state index in [1.54, 1.807) is 25.2 Å². The molecule has 0 aliphatic carbocycles. The van der Waals surface area contributed by atoms with Crippen LogP contribution in [0.5, 0.6) is 0 Å². The van der Waals surface area contributed by atoms with Crippen LogP contribution in [-0.2, 0) is 13.5 Å². The Morgan fingerprint density at radius 3 is 2.53 bits per heavy atom. The molecule has 1 unspecified atom stereocenters. The maximum Gasteiger partial charge on any atom is 0.177 e. The molecule has 1 atom stereocenters. The minimum Gasteiger partial charge on any atom is -0.388 e. The first-order chi connectivity index (χ1) is 8.08. The van der Waals surface area contributed by atoms with Crippen LogP contribution < -0.4 is 0 Å². The highest BCUT2D eigenvalue weighted by Gasteiger charge is 2.17. The van der Waals surface area contributed by atoms with Crippen molar-refractivity contribution in [2.24, 2.45) is 7.05 Å². The molecular formula is C10H10Cl2N4O. The predicted molar refractivity (Wildman–Crippen MR) is 63.9 cm³/mol. The Kier molecular flexibility index (Phi) is 3.61. The molecule has 7 heteroatoms. The quantitative estimate of drug-likeness (QED) is 0.926. The van der Waals surface area contributed by atoms with Gasteiger partial charge in [-0.1, -0.05) is 29.3 Å². The van der Waals surface area contributed by atoms with Crippen molar-refractivity contribution >= 4 is 23.2 Å². The lowest BCUT2D eigenvalue weighted by Gasteiger charge is -2.12. The summed E-state index contributed by atoms with van der Waals surface area (Å²) < 4.78 is 0. The molecule has 2 rings (SSSR count). The number of aryl methyl sites for hydroxylation is 1. The zero-order valence-corrected chi connectivity index (χ0v) is 10.5. The standard InChI is InChI=1S/C10H10Cl2N4O/c1-16-14-9(13-15-16)5-8(17)10-6(11)3-2-4-7(10)12/h2-4,8,17H,5H2,1H3. The van der Waals surface area contributed by atoms with Crippen molar-refractivity contribution in [3.8, 4) is 0 Å². The summed E-state index contributed by atoms with van der Waals surface area (Å²) in [7, 11) is 1.66. The molecule has 0 aliphatic rings. The monoisotopic (exact) mass is 272 g/mol. The number of halogens is 2. The van der Waals surface area contributed by atoms with Gasteiger partial charge in [-0.25, -0.2) is 0 Å². The van der Waals surface area contributed by atoms with Crippen molar-refractivity contribution < 1.29 is 5.11 Å². The Bertz CT molecular complexity index is 509. The van der Waals surface area contributed by atoms with Crippen LogP contribution in [0, 0.1) is 0 Å². The molecule has 17 heavy (non-hydrogen) atoms. The summed E-state index contributed by atoms with van der Waals surface area (Å²) in [5.41, 5.74) is 0.489. The molecule has 0 aliphatic heterocycles. The number of nitrogens with zero attached hydrogens (tertiary/aromatic N) is 4. The summed E-state index contributed by atoms with van der Waals surface area (Å²) >= 11 is 12.0. The number of tetrazole rings is 1. The molecule has 1 heterocycles. The van der Waals surface area contributed by atoms with Crippen molar-refractivity contribution in [2.75, 3.05) is 0 Å². The Balaban J connectivity index is 2.22. The lowest BCUT2D eigenvalue weighted by atomic mass is 10.1. The van der Waals surface area contributed by atoms with Gasteiger partial charge >= 0.3 is 0 Å². The average Bonchev–Trinajstić information content (AvgIpc) is 2.63. The molecule has 2 aromatic rings. The molecule has 0 bridgehead atoms. The van der Waals surface area contributed by atoms with Crippen LogP contribution in [-0.4, -0.2) is 25.3 Å². The van der Waals surface area contributed by atoms with Gasteiger partial charge in [0.05, 0.1) is 13.2 Å². The number of aliphatic hydroxyl groups is 1. The molecule has 0 fully saturated rings. The first kappa shape index (κ1) is 12.3. The lowest BCUT2D eigenvalue weighted by Crippen LogP contribution is -2.05. The van der Waals surface area contributed by atoms with Gasteiger partial charge < -0.3 is 5.11 Å². The number of rotatable bonds is 3. The highest BCUT2D eigenvalue weighted by molar-refractivity contribution is 6.36. The van der Waals surface area contributed by atoms with E-state index < -0.39 is 6.10 Å². The van der Waals surface area contributed by atoms with Gasteiger partial charge in [0.25, 0.3) is 0 Å². The van der Waals surface area contributed by atoms with E-state index in [0.29, 0.717) is 21.4 Å². The van der Waals surface area contributed by atoms with Gasteiger partial charge in [-0.2, -0.15) is 4.80 Å². The number of aliphatic hydroxyl groups excluding tert-OH is 1. The normalized spacial score (nSPS) is 12.7. The number of benzene rings is 1. The average molecular weight is 273 g/mol. The molecule has 1 aromatic heterocycles. The third-order valence-corrected chi connectivity index (χ3v) is 2.92. The Morgan fingerprint density at radius 1 is 1.35 bits per heavy atom. The molecule has 0 saturated carbocycles. The van der Waals surface area contributed by atoms with Crippen molar-refractivity contribution in [2.45, 2.75) is 12.5 Å². The van der Waals surface area contributed by atoms with E-state index in [-0.39, 0.29) is 6.42 Å². The van der Waals surface area contributed by atoms with Crippen LogP contribution in [0.25, 0.3) is 0 Å².